The van der Waals surface area contributed by atoms with E-state index >= 15 is 0 Å². The normalized spacial score (nSPS) is 15.6. The highest BCUT2D eigenvalue weighted by molar-refractivity contribution is 14.1. The van der Waals surface area contributed by atoms with Crippen LogP contribution in [0.4, 0.5) is 9.18 Å². The molecule has 0 unspecified atom stereocenters. The Morgan fingerprint density at radius 1 is 1.43 bits per heavy atom. The minimum absolute atomic E-state index is 0.216. The lowest BCUT2D eigenvalue weighted by Crippen LogP contribution is -2.53. The first-order chi connectivity index (χ1) is 9.76. The number of benzene rings is 1. The molecule has 2 rings (SSSR count). The van der Waals surface area contributed by atoms with Crippen LogP contribution in [0.1, 0.15) is 20.8 Å². The summed E-state index contributed by atoms with van der Waals surface area (Å²) in [6, 6.07) is 4.83. The zero-order chi connectivity index (χ0) is 15.6. The number of amides is 1. The van der Waals surface area contributed by atoms with Gasteiger partial charge in [-0.3, -0.25) is 0 Å². The van der Waals surface area contributed by atoms with Crippen LogP contribution in [0.15, 0.2) is 18.2 Å². The highest BCUT2D eigenvalue weighted by atomic mass is 127. The van der Waals surface area contributed by atoms with Crippen LogP contribution in [0.5, 0.6) is 5.75 Å². The molecule has 1 fully saturated rings. The molecule has 21 heavy (non-hydrogen) atoms. The number of likely N-dealkylation sites (tertiary alicyclic amines) is 1. The van der Waals surface area contributed by atoms with Crippen LogP contribution < -0.4 is 4.74 Å². The standard InChI is InChI=1S/C15H19FINO3/c1-15(2,3)21-14(19)18-7-10(8-18)9-20-13-11(16)5-4-6-12(13)17/h4-6,10H,7-9H2,1-3H3. The third kappa shape index (κ3) is 4.46. The lowest BCUT2D eigenvalue weighted by molar-refractivity contribution is -0.00810. The fourth-order valence-electron chi connectivity index (χ4n) is 1.97. The van der Waals surface area contributed by atoms with Gasteiger partial charge in [0.25, 0.3) is 0 Å². The summed E-state index contributed by atoms with van der Waals surface area (Å²) in [5.74, 6) is 0.145. The molecule has 0 aromatic heterocycles. The summed E-state index contributed by atoms with van der Waals surface area (Å²) in [5, 5.41) is 0. The number of ether oxygens (including phenoxy) is 2. The maximum Gasteiger partial charge on any atom is 0.410 e. The molecule has 4 nitrogen and oxygen atoms in total. The van der Waals surface area contributed by atoms with Crippen molar-refractivity contribution in [2.45, 2.75) is 26.4 Å². The molecule has 1 amide bonds. The number of hydrogen-bond acceptors (Lipinski definition) is 3. The fourth-order valence-corrected chi connectivity index (χ4v) is 2.59. The summed E-state index contributed by atoms with van der Waals surface area (Å²) in [7, 11) is 0. The van der Waals surface area contributed by atoms with Gasteiger partial charge in [0.05, 0.1) is 10.2 Å². The molecular weight excluding hydrogens is 388 g/mol. The van der Waals surface area contributed by atoms with Crippen LogP contribution in [0.2, 0.25) is 0 Å². The van der Waals surface area contributed by atoms with Crippen LogP contribution >= 0.6 is 22.6 Å². The van der Waals surface area contributed by atoms with Gasteiger partial charge >= 0.3 is 6.09 Å². The van der Waals surface area contributed by atoms with Gasteiger partial charge in [0, 0.05) is 19.0 Å². The van der Waals surface area contributed by atoms with Gasteiger partial charge < -0.3 is 14.4 Å². The zero-order valence-corrected chi connectivity index (χ0v) is 14.5. The van der Waals surface area contributed by atoms with Crippen molar-refractivity contribution in [3.63, 3.8) is 0 Å². The number of halogens is 2. The maximum atomic E-state index is 13.6. The minimum Gasteiger partial charge on any atom is -0.489 e. The predicted molar refractivity (Wildman–Crippen MR) is 85.9 cm³/mol. The predicted octanol–water partition coefficient (Wildman–Crippen LogP) is 3.68. The number of carbonyl (C=O) groups is 1. The summed E-state index contributed by atoms with van der Waals surface area (Å²) in [6.45, 7) is 7.08. The van der Waals surface area contributed by atoms with E-state index in [1.165, 1.54) is 6.07 Å². The first-order valence-electron chi connectivity index (χ1n) is 6.81. The number of carbonyl (C=O) groups excluding carboxylic acids is 1. The van der Waals surface area contributed by atoms with Crippen LogP contribution in [-0.2, 0) is 4.74 Å². The number of hydrogen-bond donors (Lipinski definition) is 0. The zero-order valence-electron chi connectivity index (χ0n) is 12.4. The molecule has 0 atom stereocenters. The van der Waals surface area contributed by atoms with Gasteiger partial charge in [0.1, 0.15) is 5.60 Å². The topological polar surface area (TPSA) is 38.8 Å². The van der Waals surface area contributed by atoms with E-state index in [1.807, 2.05) is 43.4 Å². The molecule has 0 N–H and O–H groups in total. The Kier molecular flexibility index (Phi) is 4.95. The quantitative estimate of drug-likeness (QED) is 0.718. The summed E-state index contributed by atoms with van der Waals surface area (Å²) in [6.07, 6.45) is -0.306. The first-order valence-corrected chi connectivity index (χ1v) is 7.89. The van der Waals surface area contributed by atoms with E-state index in [2.05, 4.69) is 0 Å². The Bertz CT molecular complexity index is 504. The molecule has 1 saturated heterocycles. The molecule has 1 aliphatic rings. The Morgan fingerprint density at radius 3 is 2.67 bits per heavy atom. The van der Waals surface area contributed by atoms with E-state index in [0.29, 0.717) is 19.7 Å². The van der Waals surface area contributed by atoms with E-state index < -0.39 is 5.60 Å². The van der Waals surface area contributed by atoms with E-state index in [9.17, 15) is 9.18 Å². The van der Waals surface area contributed by atoms with Crippen molar-refractivity contribution in [3.8, 4) is 5.75 Å². The van der Waals surface area contributed by atoms with Gasteiger partial charge in [-0.25, -0.2) is 9.18 Å². The average molecular weight is 407 g/mol. The molecule has 0 saturated carbocycles. The van der Waals surface area contributed by atoms with Crippen molar-refractivity contribution in [3.05, 3.63) is 27.6 Å². The fraction of sp³-hybridized carbons (Fsp3) is 0.533. The highest BCUT2D eigenvalue weighted by Crippen LogP contribution is 2.26. The summed E-state index contributed by atoms with van der Waals surface area (Å²) >= 11 is 2.04. The second-order valence-electron chi connectivity index (χ2n) is 6.11. The van der Waals surface area contributed by atoms with E-state index in [0.717, 1.165) is 3.57 Å². The Balaban J connectivity index is 1.77. The molecule has 1 aliphatic heterocycles. The lowest BCUT2D eigenvalue weighted by atomic mass is 10.0. The molecule has 0 bridgehead atoms. The summed E-state index contributed by atoms with van der Waals surface area (Å²) in [4.78, 5) is 13.4. The highest BCUT2D eigenvalue weighted by Gasteiger charge is 2.34. The Hall–Kier alpha value is -1.05. The van der Waals surface area contributed by atoms with Crippen molar-refractivity contribution in [1.82, 2.24) is 4.90 Å². The Labute approximate surface area is 137 Å². The maximum absolute atomic E-state index is 13.6. The Morgan fingerprint density at radius 2 is 2.10 bits per heavy atom. The van der Waals surface area contributed by atoms with Crippen LogP contribution in [-0.4, -0.2) is 36.3 Å². The van der Waals surface area contributed by atoms with Crippen molar-refractivity contribution in [2.75, 3.05) is 19.7 Å². The second-order valence-corrected chi connectivity index (χ2v) is 7.28. The van der Waals surface area contributed by atoms with Crippen LogP contribution in [0.25, 0.3) is 0 Å². The largest absolute Gasteiger partial charge is 0.489 e. The molecule has 1 aromatic rings. The molecular formula is C15H19FINO3. The number of nitrogens with zero attached hydrogens (tertiary/aromatic N) is 1. The number of rotatable bonds is 3. The third-order valence-electron chi connectivity index (χ3n) is 2.99. The van der Waals surface area contributed by atoms with Gasteiger partial charge in [0.2, 0.25) is 0 Å². The lowest BCUT2D eigenvalue weighted by Gasteiger charge is -2.39. The molecule has 116 valence electrons. The van der Waals surface area contributed by atoms with Crippen LogP contribution in [0, 0.1) is 15.3 Å². The van der Waals surface area contributed by atoms with Crippen LogP contribution in [0.3, 0.4) is 0 Å². The smallest absolute Gasteiger partial charge is 0.410 e. The molecule has 0 spiro atoms. The average Bonchev–Trinajstić information content (AvgIpc) is 2.27. The van der Waals surface area contributed by atoms with Gasteiger partial charge in [-0.15, -0.1) is 0 Å². The van der Waals surface area contributed by atoms with Crippen molar-refractivity contribution in [2.24, 2.45) is 5.92 Å². The first kappa shape index (κ1) is 16.3. The molecule has 6 heteroatoms. The van der Waals surface area contributed by atoms with E-state index in [1.54, 1.807) is 17.0 Å². The second kappa shape index (κ2) is 6.37. The van der Waals surface area contributed by atoms with Gasteiger partial charge in [0.15, 0.2) is 11.6 Å². The van der Waals surface area contributed by atoms with Crippen molar-refractivity contribution in [1.29, 1.82) is 0 Å². The van der Waals surface area contributed by atoms with Gasteiger partial charge in [-0.05, 0) is 55.5 Å². The molecule has 1 heterocycles. The van der Waals surface area contributed by atoms with E-state index in [4.69, 9.17) is 9.47 Å². The minimum atomic E-state index is -0.484. The van der Waals surface area contributed by atoms with Gasteiger partial charge in [-0.2, -0.15) is 0 Å². The van der Waals surface area contributed by atoms with Gasteiger partial charge in [-0.1, -0.05) is 6.07 Å². The summed E-state index contributed by atoms with van der Waals surface area (Å²) < 4.78 is 25.2. The third-order valence-corrected chi connectivity index (χ3v) is 3.84. The summed E-state index contributed by atoms with van der Waals surface area (Å²) in [5.41, 5.74) is -0.484. The van der Waals surface area contributed by atoms with Crippen molar-refractivity contribution >= 4 is 28.7 Å². The van der Waals surface area contributed by atoms with E-state index in [-0.39, 0.29) is 23.6 Å². The monoisotopic (exact) mass is 407 g/mol. The molecule has 0 radical (unpaired) electrons. The van der Waals surface area contributed by atoms with Crippen molar-refractivity contribution < 1.29 is 18.7 Å². The SMILES string of the molecule is CC(C)(C)OC(=O)N1CC(COc2c(F)cccc2I)C1. The molecule has 0 aliphatic carbocycles. The number of para-hydroxylation sites is 1. The molecule has 1 aromatic carbocycles.